The van der Waals surface area contributed by atoms with Crippen molar-refractivity contribution in [2.45, 2.75) is 26.3 Å². The number of rotatable bonds is 4. The van der Waals surface area contributed by atoms with Crippen LogP contribution >= 0.6 is 0 Å². The number of aliphatic hydroxyl groups is 1. The van der Waals surface area contributed by atoms with Gasteiger partial charge in [-0.05, 0) is 20.8 Å². The van der Waals surface area contributed by atoms with Crippen molar-refractivity contribution in [3.63, 3.8) is 0 Å². The van der Waals surface area contributed by atoms with Crippen molar-refractivity contribution < 1.29 is 10.0 Å². The van der Waals surface area contributed by atoms with Gasteiger partial charge in [-0.1, -0.05) is 0 Å². The molecule has 0 fully saturated rings. The van der Waals surface area contributed by atoms with Gasteiger partial charge in [-0.2, -0.15) is 0 Å². The van der Waals surface area contributed by atoms with Crippen LogP contribution in [0.5, 0.6) is 0 Å². The first kappa shape index (κ1) is 13.4. The van der Waals surface area contributed by atoms with Crippen molar-refractivity contribution in [1.82, 2.24) is 4.98 Å². The van der Waals surface area contributed by atoms with Crippen LogP contribution in [-0.2, 0) is 0 Å². The zero-order valence-electron chi connectivity index (χ0n) is 10.5. The molecule has 0 saturated heterocycles. The maximum Gasteiger partial charge on any atom is 0.277 e. The monoisotopic (exact) mass is 239 g/mol. The molecule has 6 heteroatoms. The van der Waals surface area contributed by atoms with Crippen molar-refractivity contribution in [2.75, 3.05) is 18.6 Å². The maximum atomic E-state index is 10.8. The normalized spacial score (nSPS) is 11.4. The van der Waals surface area contributed by atoms with Gasteiger partial charge in [-0.25, -0.2) is 4.98 Å². The van der Waals surface area contributed by atoms with Gasteiger partial charge in [0.05, 0.1) is 23.1 Å². The molecule has 0 unspecified atom stereocenters. The highest BCUT2D eigenvalue weighted by Gasteiger charge is 2.25. The van der Waals surface area contributed by atoms with Gasteiger partial charge in [0.1, 0.15) is 5.82 Å². The zero-order valence-corrected chi connectivity index (χ0v) is 10.5. The van der Waals surface area contributed by atoms with Crippen LogP contribution < -0.4 is 4.90 Å². The minimum Gasteiger partial charge on any atom is -0.394 e. The van der Waals surface area contributed by atoms with Crippen LogP contribution in [0.4, 0.5) is 11.5 Å². The molecule has 0 radical (unpaired) electrons. The minimum absolute atomic E-state index is 0.0376. The van der Waals surface area contributed by atoms with E-state index in [0.29, 0.717) is 11.4 Å². The number of nitrogens with zero attached hydrogens (tertiary/aromatic N) is 3. The summed E-state index contributed by atoms with van der Waals surface area (Å²) in [6, 6.07) is 1.42. The Labute approximate surface area is 100 Å². The molecular weight excluding hydrogens is 222 g/mol. The van der Waals surface area contributed by atoms with E-state index in [1.807, 2.05) is 13.8 Å². The lowest BCUT2D eigenvalue weighted by Crippen LogP contribution is -2.44. The Morgan fingerprint density at radius 1 is 1.59 bits per heavy atom. The number of likely N-dealkylation sites (N-methyl/N-ethyl adjacent to an activating group) is 1. The van der Waals surface area contributed by atoms with Crippen LogP contribution in [-0.4, -0.2) is 34.2 Å². The van der Waals surface area contributed by atoms with E-state index in [2.05, 4.69) is 4.98 Å². The van der Waals surface area contributed by atoms with Gasteiger partial charge in [0, 0.05) is 18.8 Å². The van der Waals surface area contributed by atoms with Gasteiger partial charge in [0.2, 0.25) is 0 Å². The van der Waals surface area contributed by atoms with Crippen LogP contribution in [0.3, 0.4) is 0 Å². The largest absolute Gasteiger partial charge is 0.394 e. The molecule has 0 aliphatic rings. The van der Waals surface area contributed by atoms with Crippen LogP contribution in [0.2, 0.25) is 0 Å². The molecule has 0 spiro atoms. The molecule has 1 rings (SSSR count). The highest BCUT2D eigenvalue weighted by molar-refractivity contribution is 5.51. The molecule has 1 heterocycles. The van der Waals surface area contributed by atoms with E-state index < -0.39 is 10.5 Å². The topological polar surface area (TPSA) is 79.5 Å². The van der Waals surface area contributed by atoms with Gasteiger partial charge >= 0.3 is 0 Å². The van der Waals surface area contributed by atoms with E-state index in [0.717, 1.165) is 0 Å². The van der Waals surface area contributed by atoms with Crippen molar-refractivity contribution in [1.29, 1.82) is 0 Å². The summed E-state index contributed by atoms with van der Waals surface area (Å²) in [6.07, 6.45) is 1.47. The zero-order chi connectivity index (χ0) is 13.2. The van der Waals surface area contributed by atoms with Gasteiger partial charge < -0.3 is 10.0 Å². The fourth-order valence-electron chi connectivity index (χ4n) is 1.30. The number of nitro groups is 1. The summed E-state index contributed by atoms with van der Waals surface area (Å²) < 4.78 is 0. The van der Waals surface area contributed by atoms with Crippen molar-refractivity contribution >= 4 is 11.5 Å². The quantitative estimate of drug-likeness (QED) is 0.636. The lowest BCUT2D eigenvalue weighted by Gasteiger charge is -2.34. The van der Waals surface area contributed by atoms with Gasteiger partial charge in [-0.3, -0.25) is 10.1 Å². The third-order valence-electron chi connectivity index (χ3n) is 2.90. The molecule has 0 aliphatic carbocycles. The molecule has 94 valence electrons. The average molecular weight is 239 g/mol. The van der Waals surface area contributed by atoms with E-state index in [4.69, 9.17) is 0 Å². The second kappa shape index (κ2) is 4.67. The van der Waals surface area contributed by atoms with E-state index in [-0.39, 0.29) is 12.3 Å². The van der Waals surface area contributed by atoms with Crippen LogP contribution in [0.25, 0.3) is 0 Å². The molecule has 0 amide bonds. The summed E-state index contributed by atoms with van der Waals surface area (Å²) in [7, 11) is 1.75. The Bertz CT molecular complexity index is 432. The van der Waals surface area contributed by atoms with Gasteiger partial charge in [0.15, 0.2) is 0 Å². The molecule has 0 aliphatic heterocycles. The first-order chi connectivity index (χ1) is 7.79. The van der Waals surface area contributed by atoms with E-state index >= 15 is 0 Å². The number of hydrogen-bond acceptors (Lipinski definition) is 5. The number of anilines is 1. The van der Waals surface area contributed by atoms with Crippen molar-refractivity contribution in [3.8, 4) is 0 Å². The SMILES string of the molecule is Cc1cnc(N(C)C(C)(C)CO)cc1[N+](=O)[O-]. The Morgan fingerprint density at radius 2 is 2.18 bits per heavy atom. The Hall–Kier alpha value is -1.69. The first-order valence-corrected chi connectivity index (χ1v) is 5.25. The molecule has 1 aromatic heterocycles. The molecule has 6 nitrogen and oxygen atoms in total. The molecular formula is C11H17N3O3. The Kier molecular flexibility index (Phi) is 3.67. The summed E-state index contributed by atoms with van der Waals surface area (Å²) in [6.45, 7) is 5.25. The second-order valence-electron chi connectivity index (χ2n) is 4.62. The van der Waals surface area contributed by atoms with E-state index in [1.54, 1.807) is 18.9 Å². The molecule has 1 N–H and O–H groups in total. The number of aromatic nitrogens is 1. The molecule has 17 heavy (non-hydrogen) atoms. The fraction of sp³-hybridized carbons (Fsp3) is 0.545. The highest BCUT2D eigenvalue weighted by Crippen LogP contribution is 2.25. The van der Waals surface area contributed by atoms with Crippen LogP contribution in [0.1, 0.15) is 19.4 Å². The summed E-state index contributed by atoms with van der Waals surface area (Å²) in [5, 5.41) is 20.1. The standard InChI is InChI=1S/C11H17N3O3/c1-8-6-12-10(5-9(8)14(16)17)13(4)11(2,3)7-15/h5-6,15H,7H2,1-4H3. The lowest BCUT2D eigenvalue weighted by atomic mass is 10.1. The summed E-state index contributed by atoms with van der Waals surface area (Å²) in [5.41, 5.74) is 0.0420. The van der Waals surface area contributed by atoms with Crippen LogP contribution in [0.15, 0.2) is 12.3 Å². The first-order valence-electron chi connectivity index (χ1n) is 5.25. The molecule has 0 aromatic carbocycles. The van der Waals surface area contributed by atoms with Gasteiger partial charge in [-0.15, -0.1) is 0 Å². The Balaban J connectivity index is 3.16. The number of aliphatic hydroxyl groups excluding tert-OH is 1. The average Bonchev–Trinajstić information content (AvgIpc) is 2.28. The van der Waals surface area contributed by atoms with E-state index in [1.165, 1.54) is 12.3 Å². The second-order valence-corrected chi connectivity index (χ2v) is 4.62. The number of pyridine rings is 1. The Morgan fingerprint density at radius 3 is 2.65 bits per heavy atom. The lowest BCUT2D eigenvalue weighted by molar-refractivity contribution is -0.385. The maximum absolute atomic E-state index is 10.8. The third kappa shape index (κ3) is 2.71. The number of hydrogen-bond donors (Lipinski definition) is 1. The van der Waals surface area contributed by atoms with Crippen LogP contribution in [0, 0.1) is 17.0 Å². The summed E-state index contributed by atoms with van der Waals surface area (Å²) in [5.74, 6) is 0.473. The summed E-state index contributed by atoms with van der Waals surface area (Å²) in [4.78, 5) is 16.3. The highest BCUT2D eigenvalue weighted by atomic mass is 16.6. The smallest absolute Gasteiger partial charge is 0.277 e. The minimum atomic E-state index is -0.518. The third-order valence-corrected chi connectivity index (χ3v) is 2.90. The molecule has 1 aromatic rings. The predicted octanol–water partition coefficient (Wildman–Crippen LogP) is 1.51. The fourth-order valence-corrected chi connectivity index (χ4v) is 1.30. The summed E-state index contributed by atoms with van der Waals surface area (Å²) >= 11 is 0. The predicted molar refractivity (Wildman–Crippen MR) is 65.2 cm³/mol. The van der Waals surface area contributed by atoms with Gasteiger partial charge in [0.25, 0.3) is 5.69 Å². The molecule has 0 bridgehead atoms. The van der Waals surface area contributed by atoms with Crippen molar-refractivity contribution in [3.05, 3.63) is 27.9 Å². The van der Waals surface area contributed by atoms with E-state index in [9.17, 15) is 15.2 Å². The molecule has 0 atom stereocenters. The number of aryl methyl sites for hydroxylation is 1. The molecule has 0 saturated carbocycles. The van der Waals surface area contributed by atoms with Crippen molar-refractivity contribution in [2.24, 2.45) is 0 Å².